The van der Waals surface area contributed by atoms with E-state index in [4.69, 9.17) is 4.74 Å². The molecule has 0 bridgehead atoms. The van der Waals surface area contributed by atoms with Crippen molar-refractivity contribution in [3.63, 3.8) is 0 Å². The van der Waals surface area contributed by atoms with Crippen LogP contribution < -0.4 is 5.32 Å². The second kappa shape index (κ2) is 6.53. The zero-order valence-electron chi connectivity index (χ0n) is 12.2. The van der Waals surface area contributed by atoms with Gasteiger partial charge >= 0.3 is 0 Å². The second-order valence-corrected chi connectivity index (χ2v) is 7.88. The van der Waals surface area contributed by atoms with Crippen LogP contribution in [0.5, 0.6) is 0 Å². The number of nitrogens with zero attached hydrogens (tertiary/aromatic N) is 1. The van der Waals surface area contributed by atoms with Gasteiger partial charge in [-0.1, -0.05) is 0 Å². The first kappa shape index (κ1) is 15.9. The number of aryl methyl sites for hydroxylation is 1. The van der Waals surface area contributed by atoms with E-state index < -0.39 is 10.0 Å². The fourth-order valence-electron chi connectivity index (χ4n) is 2.55. The Hall–Kier alpha value is -0.470. The molecule has 114 valence electrons. The summed E-state index contributed by atoms with van der Waals surface area (Å²) in [5.74, 6) is 0. The SMILES string of the molecule is CNCc1scc(C)c1S(=O)(=O)N1CCC(OC)CC1. The third-order valence-electron chi connectivity index (χ3n) is 3.66. The molecular weight excluding hydrogens is 296 g/mol. The Morgan fingerprint density at radius 2 is 2.10 bits per heavy atom. The molecule has 0 spiro atoms. The van der Waals surface area contributed by atoms with Crippen molar-refractivity contribution in [2.75, 3.05) is 27.2 Å². The number of methoxy groups -OCH3 is 1. The molecule has 0 aliphatic carbocycles. The lowest BCUT2D eigenvalue weighted by Gasteiger charge is -2.30. The Balaban J connectivity index is 2.25. The molecule has 20 heavy (non-hydrogen) atoms. The van der Waals surface area contributed by atoms with Gasteiger partial charge in [-0.25, -0.2) is 8.42 Å². The highest BCUT2D eigenvalue weighted by Gasteiger charge is 2.32. The minimum atomic E-state index is -3.39. The van der Waals surface area contributed by atoms with Gasteiger partial charge in [-0.2, -0.15) is 4.31 Å². The van der Waals surface area contributed by atoms with E-state index in [1.807, 2.05) is 19.4 Å². The van der Waals surface area contributed by atoms with Crippen molar-refractivity contribution in [1.29, 1.82) is 0 Å². The minimum absolute atomic E-state index is 0.182. The summed E-state index contributed by atoms with van der Waals surface area (Å²) in [6, 6.07) is 0. The summed E-state index contributed by atoms with van der Waals surface area (Å²) >= 11 is 1.50. The van der Waals surface area contributed by atoms with Gasteiger partial charge in [-0.3, -0.25) is 0 Å². The molecule has 5 nitrogen and oxygen atoms in total. The van der Waals surface area contributed by atoms with Gasteiger partial charge in [0.25, 0.3) is 0 Å². The van der Waals surface area contributed by atoms with Crippen LogP contribution in [0.3, 0.4) is 0 Å². The third-order valence-corrected chi connectivity index (χ3v) is 7.02. The highest BCUT2D eigenvalue weighted by atomic mass is 32.2. The van der Waals surface area contributed by atoms with Gasteiger partial charge in [-0.05, 0) is 37.8 Å². The number of hydrogen-bond acceptors (Lipinski definition) is 5. The van der Waals surface area contributed by atoms with Gasteiger partial charge in [-0.15, -0.1) is 11.3 Å². The van der Waals surface area contributed by atoms with Crippen molar-refractivity contribution in [3.8, 4) is 0 Å². The lowest BCUT2D eigenvalue weighted by atomic mass is 10.1. The van der Waals surface area contributed by atoms with Gasteiger partial charge in [0.1, 0.15) is 4.90 Å². The summed E-state index contributed by atoms with van der Waals surface area (Å²) in [4.78, 5) is 1.38. The maximum absolute atomic E-state index is 12.8. The van der Waals surface area contributed by atoms with Crippen molar-refractivity contribution < 1.29 is 13.2 Å². The Morgan fingerprint density at radius 1 is 1.45 bits per heavy atom. The molecule has 1 aliphatic heterocycles. The molecule has 1 aliphatic rings. The predicted octanol–water partition coefficient (Wildman–Crippen LogP) is 1.58. The fraction of sp³-hybridized carbons (Fsp3) is 0.692. The summed E-state index contributed by atoms with van der Waals surface area (Å²) in [6.07, 6.45) is 1.71. The number of thiophene rings is 1. The van der Waals surface area contributed by atoms with Gasteiger partial charge in [0.05, 0.1) is 6.10 Å². The fourth-order valence-corrected chi connectivity index (χ4v) is 5.80. The van der Waals surface area contributed by atoms with Crippen LogP contribution in [0.4, 0.5) is 0 Å². The standard InChI is InChI=1S/C13H22N2O3S2/c1-10-9-19-12(8-14-2)13(10)20(16,17)15-6-4-11(18-3)5-7-15/h9,11,14H,4-8H2,1-3H3. The number of piperidine rings is 1. The van der Waals surface area contributed by atoms with E-state index in [1.54, 1.807) is 11.4 Å². The van der Waals surface area contributed by atoms with Crippen LogP contribution in [-0.2, 0) is 21.3 Å². The molecule has 1 aromatic heterocycles. The number of nitrogens with one attached hydrogen (secondary N) is 1. The topological polar surface area (TPSA) is 58.6 Å². The van der Waals surface area contributed by atoms with Gasteiger partial charge in [0.2, 0.25) is 10.0 Å². The molecule has 0 aromatic carbocycles. The molecule has 2 heterocycles. The Bertz CT molecular complexity index is 546. The lowest BCUT2D eigenvalue weighted by Crippen LogP contribution is -2.41. The minimum Gasteiger partial charge on any atom is -0.381 e. The van der Waals surface area contributed by atoms with Crippen LogP contribution >= 0.6 is 11.3 Å². The molecule has 0 atom stereocenters. The lowest BCUT2D eigenvalue weighted by molar-refractivity contribution is 0.0604. The van der Waals surface area contributed by atoms with Gasteiger partial charge < -0.3 is 10.1 Å². The summed E-state index contributed by atoms with van der Waals surface area (Å²) in [5, 5.41) is 4.95. The van der Waals surface area contributed by atoms with Crippen molar-refractivity contribution in [2.24, 2.45) is 0 Å². The molecule has 1 fully saturated rings. The van der Waals surface area contributed by atoms with E-state index in [0.29, 0.717) is 24.5 Å². The second-order valence-electron chi connectivity index (χ2n) is 5.04. The van der Waals surface area contributed by atoms with E-state index in [1.165, 1.54) is 11.3 Å². The van der Waals surface area contributed by atoms with Crippen molar-refractivity contribution in [1.82, 2.24) is 9.62 Å². The first-order valence-electron chi connectivity index (χ1n) is 6.75. The normalized spacial score (nSPS) is 18.6. The van der Waals surface area contributed by atoms with Crippen molar-refractivity contribution in [2.45, 2.75) is 37.3 Å². The molecule has 2 rings (SSSR count). The Kier molecular flexibility index (Phi) is 5.19. The summed E-state index contributed by atoms with van der Waals surface area (Å²) in [6.45, 7) is 3.52. The molecule has 1 saturated heterocycles. The molecule has 7 heteroatoms. The molecule has 0 radical (unpaired) electrons. The Morgan fingerprint density at radius 3 is 2.65 bits per heavy atom. The summed E-state index contributed by atoms with van der Waals surface area (Å²) < 4.78 is 32.5. The average molecular weight is 318 g/mol. The monoisotopic (exact) mass is 318 g/mol. The van der Waals surface area contributed by atoms with Crippen LogP contribution in [-0.4, -0.2) is 46.1 Å². The number of rotatable bonds is 5. The smallest absolute Gasteiger partial charge is 0.244 e. The molecular formula is C13H22N2O3S2. The third kappa shape index (κ3) is 3.07. The molecule has 1 aromatic rings. The average Bonchev–Trinajstić information content (AvgIpc) is 2.81. The quantitative estimate of drug-likeness (QED) is 0.895. The molecule has 0 saturated carbocycles. The Labute approximate surface area is 125 Å². The van der Waals surface area contributed by atoms with E-state index in [0.717, 1.165) is 23.3 Å². The van der Waals surface area contributed by atoms with Crippen molar-refractivity contribution in [3.05, 3.63) is 15.8 Å². The molecule has 1 N–H and O–H groups in total. The van der Waals surface area contributed by atoms with E-state index >= 15 is 0 Å². The maximum atomic E-state index is 12.8. The van der Waals surface area contributed by atoms with Crippen molar-refractivity contribution >= 4 is 21.4 Å². The number of hydrogen-bond donors (Lipinski definition) is 1. The van der Waals surface area contributed by atoms with E-state index in [9.17, 15) is 8.42 Å². The van der Waals surface area contributed by atoms with Gasteiger partial charge in [0, 0.05) is 31.6 Å². The predicted molar refractivity (Wildman–Crippen MR) is 80.6 cm³/mol. The highest BCUT2D eigenvalue weighted by molar-refractivity contribution is 7.89. The van der Waals surface area contributed by atoms with E-state index in [2.05, 4.69) is 5.32 Å². The zero-order chi connectivity index (χ0) is 14.8. The van der Waals surface area contributed by atoms with Crippen LogP contribution in [0.2, 0.25) is 0 Å². The van der Waals surface area contributed by atoms with Crippen LogP contribution in [0.25, 0.3) is 0 Å². The van der Waals surface area contributed by atoms with Crippen LogP contribution in [0.15, 0.2) is 10.3 Å². The van der Waals surface area contributed by atoms with Gasteiger partial charge in [0.15, 0.2) is 0 Å². The first-order valence-corrected chi connectivity index (χ1v) is 9.07. The first-order chi connectivity index (χ1) is 9.50. The highest BCUT2D eigenvalue weighted by Crippen LogP contribution is 2.31. The number of ether oxygens (including phenoxy) is 1. The summed E-state index contributed by atoms with van der Waals surface area (Å²) in [5.41, 5.74) is 0.842. The maximum Gasteiger partial charge on any atom is 0.244 e. The number of sulfonamides is 1. The molecule has 0 amide bonds. The van der Waals surface area contributed by atoms with Crippen LogP contribution in [0, 0.1) is 6.92 Å². The molecule has 0 unspecified atom stereocenters. The van der Waals surface area contributed by atoms with E-state index in [-0.39, 0.29) is 6.10 Å². The summed E-state index contributed by atoms with van der Waals surface area (Å²) in [7, 11) is 0.127. The zero-order valence-corrected chi connectivity index (χ0v) is 13.8. The van der Waals surface area contributed by atoms with Crippen LogP contribution in [0.1, 0.15) is 23.3 Å². The largest absolute Gasteiger partial charge is 0.381 e.